The Morgan fingerprint density at radius 3 is 2.59 bits per heavy atom. The highest BCUT2D eigenvalue weighted by Gasteiger charge is 2.18. The molecule has 0 N–H and O–H groups in total. The van der Waals surface area contributed by atoms with E-state index < -0.39 is 0 Å². The first-order chi connectivity index (χ1) is 15.5. The number of carbonyl (C=O) groups excluding carboxylic acids is 1. The number of ether oxygens (including phenoxy) is 2. The van der Waals surface area contributed by atoms with Crippen molar-refractivity contribution in [2.45, 2.75) is 46.3 Å². The largest absolute Gasteiger partial charge is 0.486 e. The van der Waals surface area contributed by atoms with Crippen LogP contribution < -0.4 is 4.74 Å². The first-order valence-electron chi connectivity index (χ1n) is 11.0. The second-order valence-electron chi connectivity index (χ2n) is 8.15. The van der Waals surface area contributed by atoms with Crippen LogP contribution in [0.4, 0.5) is 0 Å². The molecule has 0 saturated carbocycles. The van der Waals surface area contributed by atoms with Gasteiger partial charge in [-0.05, 0) is 43.0 Å². The quantitative estimate of drug-likeness (QED) is 0.343. The van der Waals surface area contributed by atoms with E-state index in [1.54, 1.807) is 18.4 Å². The van der Waals surface area contributed by atoms with Gasteiger partial charge in [-0.25, -0.2) is 4.98 Å². The Morgan fingerprint density at radius 2 is 1.88 bits per heavy atom. The first-order valence-corrected chi connectivity index (χ1v) is 11.9. The highest BCUT2D eigenvalue weighted by Crippen LogP contribution is 2.27. The predicted octanol–water partition coefficient (Wildman–Crippen LogP) is 5.83. The molecule has 32 heavy (non-hydrogen) atoms. The molecule has 5 nitrogen and oxygen atoms in total. The molecule has 6 heteroatoms. The van der Waals surface area contributed by atoms with Crippen LogP contribution in [-0.4, -0.2) is 36.1 Å². The van der Waals surface area contributed by atoms with Crippen molar-refractivity contribution in [3.05, 3.63) is 81.3 Å². The average molecular weight is 453 g/mol. The van der Waals surface area contributed by atoms with Crippen LogP contribution in [0.1, 0.15) is 58.4 Å². The normalized spacial score (nSPS) is 11.0. The Balaban J connectivity index is 1.67. The zero-order valence-electron chi connectivity index (χ0n) is 19.3. The number of thiazole rings is 1. The highest BCUT2D eigenvalue weighted by atomic mass is 32.1. The number of nitrogens with zero attached hydrogens (tertiary/aromatic N) is 2. The zero-order chi connectivity index (χ0) is 22.9. The van der Waals surface area contributed by atoms with E-state index in [-0.39, 0.29) is 5.91 Å². The third kappa shape index (κ3) is 6.65. The summed E-state index contributed by atoms with van der Waals surface area (Å²) in [6, 6.07) is 15.8. The number of para-hydroxylation sites is 1. The molecule has 0 aliphatic rings. The minimum atomic E-state index is 0.0118. The van der Waals surface area contributed by atoms with Crippen LogP contribution in [-0.2, 0) is 17.9 Å². The van der Waals surface area contributed by atoms with E-state index in [9.17, 15) is 4.79 Å². The van der Waals surface area contributed by atoms with E-state index in [4.69, 9.17) is 14.5 Å². The molecule has 0 fully saturated rings. The van der Waals surface area contributed by atoms with Gasteiger partial charge in [0, 0.05) is 31.2 Å². The van der Waals surface area contributed by atoms with E-state index in [0.29, 0.717) is 37.8 Å². The van der Waals surface area contributed by atoms with Gasteiger partial charge in [0.1, 0.15) is 17.4 Å². The Bertz CT molecular complexity index is 998. The fraction of sp³-hybridized carbons (Fsp3) is 0.385. The fourth-order valence-corrected chi connectivity index (χ4v) is 4.14. The summed E-state index contributed by atoms with van der Waals surface area (Å²) in [4.78, 5) is 19.7. The number of benzene rings is 2. The molecule has 3 rings (SSSR count). The Morgan fingerprint density at radius 1 is 1.12 bits per heavy atom. The van der Waals surface area contributed by atoms with Gasteiger partial charge in [0.25, 0.3) is 5.91 Å². The van der Waals surface area contributed by atoms with Crippen LogP contribution in [0, 0.1) is 6.92 Å². The summed E-state index contributed by atoms with van der Waals surface area (Å²) in [5.74, 6) is 1.30. The van der Waals surface area contributed by atoms with Crippen molar-refractivity contribution >= 4 is 17.2 Å². The van der Waals surface area contributed by atoms with Gasteiger partial charge in [0.15, 0.2) is 0 Å². The maximum absolute atomic E-state index is 13.1. The van der Waals surface area contributed by atoms with Gasteiger partial charge in [-0.1, -0.05) is 49.7 Å². The smallest absolute Gasteiger partial charge is 0.254 e. The minimum absolute atomic E-state index is 0.0118. The van der Waals surface area contributed by atoms with Crippen LogP contribution in [0.25, 0.3) is 0 Å². The van der Waals surface area contributed by atoms with Crippen molar-refractivity contribution < 1.29 is 14.3 Å². The van der Waals surface area contributed by atoms with Gasteiger partial charge in [0.05, 0.1) is 12.2 Å². The molecule has 0 radical (unpaired) electrons. The number of rotatable bonds is 11. The lowest BCUT2D eigenvalue weighted by molar-refractivity contribution is 0.0721. The van der Waals surface area contributed by atoms with Crippen LogP contribution >= 0.6 is 11.3 Å². The van der Waals surface area contributed by atoms with E-state index >= 15 is 0 Å². The molecular weight excluding hydrogens is 420 g/mol. The maximum atomic E-state index is 13.1. The van der Waals surface area contributed by atoms with E-state index in [1.165, 1.54) is 5.56 Å². The molecule has 2 aromatic carbocycles. The monoisotopic (exact) mass is 452 g/mol. The summed E-state index contributed by atoms with van der Waals surface area (Å²) in [7, 11) is 1.68. The molecule has 170 valence electrons. The van der Waals surface area contributed by atoms with Gasteiger partial charge in [-0.2, -0.15) is 0 Å². The second-order valence-corrected chi connectivity index (χ2v) is 9.10. The van der Waals surface area contributed by atoms with Crippen LogP contribution in [0.2, 0.25) is 0 Å². The number of hydrogen-bond acceptors (Lipinski definition) is 5. The van der Waals surface area contributed by atoms with Gasteiger partial charge < -0.3 is 14.4 Å². The van der Waals surface area contributed by atoms with Crippen molar-refractivity contribution in [2.24, 2.45) is 0 Å². The van der Waals surface area contributed by atoms with Crippen molar-refractivity contribution in [1.82, 2.24) is 9.88 Å². The lowest BCUT2D eigenvalue weighted by atomic mass is 10.0. The summed E-state index contributed by atoms with van der Waals surface area (Å²) in [5.41, 5.74) is 3.90. The lowest BCUT2D eigenvalue weighted by Crippen LogP contribution is -2.32. The van der Waals surface area contributed by atoms with Crippen molar-refractivity contribution in [3.8, 4) is 5.75 Å². The number of hydrogen-bond donors (Lipinski definition) is 0. The van der Waals surface area contributed by atoms with Crippen molar-refractivity contribution in [1.29, 1.82) is 0 Å². The Kier molecular flexibility index (Phi) is 8.82. The Hall–Kier alpha value is -2.70. The standard InChI is InChI=1S/C26H32N2O3S/c1-19(2)23-8-5-6-9-24(23)31-17-25-27-22(18-32-25)16-28(14-7-15-30-4)26(29)21-12-10-20(3)11-13-21/h5-6,8-13,18-19H,7,14-17H2,1-4H3. The molecule has 1 amide bonds. The van der Waals surface area contributed by atoms with Crippen LogP contribution in [0.15, 0.2) is 53.9 Å². The number of aromatic nitrogens is 1. The predicted molar refractivity (Wildman–Crippen MR) is 129 cm³/mol. The van der Waals surface area contributed by atoms with Crippen LogP contribution in [0.5, 0.6) is 5.75 Å². The summed E-state index contributed by atoms with van der Waals surface area (Å²) >= 11 is 1.56. The molecular formula is C26H32N2O3S. The fourth-order valence-electron chi connectivity index (χ4n) is 3.44. The van der Waals surface area contributed by atoms with Crippen LogP contribution in [0.3, 0.4) is 0 Å². The molecule has 0 aliphatic heterocycles. The number of amides is 1. The SMILES string of the molecule is COCCCN(Cc1csc(COc2ccccc2C(C)C)n1)C(=O)c1ccc(C)cc1. The van der Waals surface area contributed by atoms with Gasteiger partial charge >= 0.3 is 0 Å². The Labute approximate surface area is 195 Å². The molecule has 0 aliphatic carbocycles. The third-order valence-electron chi connectivity index (χ3n) is 5.21. The lowest BCUT2D eigenvalue weighted by Gasteiger charge is -2.22. The summed E-state index contributed by atoms with van der Waals surface area (Å²) in [6.45, 7) is 8.46. The van der Waals surface area contributed by atoms with E-state index in [2.05, 4.69) is 19.9 Å². The molecule has 0 unspecified atom stereocenters. The first kappa shape index (κ1) is 24.0. The van der Waals surface area contributed by atoms with Crippen molar-refractivity contribution in [3.63, 3.8) is 0 Å². The summed E-state index contributed by atoms with van der Waals surface area (Å²) in [5, 5.41) is 2.91. The minimum Gasteiger partial charge on any atom is -0.486 e. The number of carbonyl (C=O) groups is 1. The molecule has 1 heterocycles. The molecule has 0 atom stereocenters. The topological polar surface area (TPSA) is 51.7 Å². The molecule has 1 aromatic heterocycles. The van der Waals surface area contributed by atoms with Gasteiger partial charge in [-0.15, -0.1) is 11.3 Å². The number of methoxy groups -OCH3 is 1. The summed E-state index contributed by atoms with van der Waals surface area (Å²) < 4.78 is 11.2. The molecule has 3 aromatic rings. The van der Waals surface area contributed by atoms with Gasteiger partial charge in [-0.3, -0.25) is 4.79 Å². The van der Waals surface area contributed by atoms with E-state index in [0.717, 1.165) is 28.4 Å². The van der Waals surface area contributed by atoms with E-state index in [1.807, 2.05) is 59.7 Å². The maximum Gasteiger partial charge on any atom is 0.254 e. The second kappa shape index (κ2) is 11.8. The highest BCUT2D eigenvalue weighted by molar-refractivity contribution is 7.09. The zero-order valence-corrected chi connectivity index (χ0v) is 20.2. The molecule has 0 saturated heterocycles. The average Bonchev–Trinajstić information content (AvgIpc) is 3.24. The van der Waals surface area contributed by atoms with Crippen molar-refractivity contribution in [2.75, 3.05) is 20.3 Å². The molecule has 0 spiro atoms. The van der Waals surface area contributed by atoms with Gasteiger partial charge in [0.2, 0.25) is 0 Å². The third-order valence-corrected chi connectivity index (χ3v) is 6.08. The molecule has 0 bridgehead atoms. The summed E-state index contributed by atoms with van der Waals surface area (Å²) in [6.07, 6.45) is 0.778. The number of aryl methyl sites for hydroxylation is 1.